The summed E-state index contributed by atoms with van der Waals surface area (Å²) in [4.78, 5) is 2.31. The van der Waals surface area contributed by atoms with Gasteiger partial charge in [0.1, 0.15) is 5.75 Å². The molecule has 0 saturated heterocycles. The summed E-state index contributed by atoms with van der Waals surface area (Å²) in [5, 5.41) is 10.1. The van der Waals surface area contributed by atoms with Crippen molar-refractivity contribution in [1.82, 2.24) is 0 Å². The van der Waals surface area contributed by atoms with Crippen LogP contribution in [0.5, 0.6) is 5.75 Å². The molecule has 2 aliphatic rings. The molecule has 4 rings (SSSR count). The first-order valence-corrected chi connectivity index (χ1v) is 9.10. The molecule has 4 heteroatoms. The highest BCUT2D eigenvalue weighted by Gasteiger charge is 2.54. The molecule has 25 heavy (non-hydrogen) atoms. The van der Waals surface area contributed by atoms with Crippen molar-refractivity contribution in [3.63, 3.8) is 0 Å². The highest BCUT2D eigenvalue weighted by molar-refractivity contribution is 6.30. The van der Waals surface area contributed by atoms with Crippen LogP contribution in [0, 0.1) is 0 Å². The average molecular weight is 356 g/mol. The van der Waals surface area contributed by atoms with Crippen molar-refractivity contribution in [1.29, 1.82) is 0 Å². The molecule has 2 heterocycles. The largest absolute Gasteiger partial charge is 0.463 e. The predicted molar refractivity (Wildman–Crippen MR) is 102 cm³/mol. The van der Waals surface area contributed by atoms with Crippen LogP contribution in [0.15, 0.2) is 48.0 Å². The molecule has 0 aromatic heterocycles. The lowest BCUT2D eigenvalue weighted by atomic mass is 9.85. The standard InChI is InChI=1S/C21H22ClNO2/c1-14-12-16-13-17(22)8-9-20(16)25-21(14)15(2)18-6-3-4-7-19(18)23(21)10-5-11-24/h3-4,6-9,12-13,15,24H,5,10-11H2,1-2H3. The maximum absolute atomic E-state index is 9.38. The van der Waals surface area contributed by atoms with E-state index in [1.54, 1.807) is 0 Å². The number of benzene rings is 2. The Morgan fingerprint density at radius 1 is 1.24 bits per heavy atom. The van der Waals surface area contributed by atoms with Crippen molar-refractivity contribution in [2.75, 3.05) is 18.1 Å². The molecule has 130 valence electrons. The first-order valence-electron chi connectivity index (χ1n) is 8.72. The van der Waals surface area contributed by atoms with Crippen molar-refractivity contribution in [3.05, 3.63) is 64.2 Å². The average Bonchev–Trinajstić information content (AvgIpc) is 2.84. The molecule has 1 N–H and O–H groups in total. The highest BCUT2D eigenvalue weighted by Crippen LogP contribution is 2.54. The summed E-state index contributed by atoms with van der Waals surface area (Å²) >= 11 is 6.15. The van der Waals surface area contributed by atoms with Crippen LogP contribution in [0.2, 0.25) is 5.02 Å². The molecule has 3 nitrogen and oxygen atoms in total. The summed E-state index contributed by atoms with van der Waals surface area (Å²) in [6.45, 7) is 5.25. The number of hydrogen-bond acceptors (Lipinski definition) is 3. The van der Waals surface area contributed by atoms with Crippen LogP contribution in [-0.4, -0.2) is 24.0 Å². The molecular formula is C21H22ClNO2. The number of anilines is 1. The Morgan fingerprint density at radius 2 is 2.04 bits per heavy atom. The summed E-state index contributed by atoms with van der Waals surface area (Å²) < 4.78 is 6.67. The van der Waals surface area contributed by atoms with Crippen molar-refractivity contribution < 1.29 is 9.84 Å². The Labute approximate surface area is 153 Å². The second-order valence-corrected chi connectivity index (χ2v) is 7.25. The molecule has 0 aliphatic carbocycles. The van der Waals surface area contributed by atoms with Gasteiger partial charge in [0.25, 0.3) is 0 Å². The Hall–Kier alpha value is -1.97. The Balaban J connectivity index is 1.86. The zero-order valence-electron chi connectivity index (χ0n) is 14.5. The van der Waals surface area contributed by atoms with Gasteiger partial charge in [0.2, 0.25) is 5.72 Å². The van der Waals surface area contributed by atoms with E-state index >= 15 is 0 Å². The van der Waals surface area contributed by atoms with Crippen molar-refractivity contribution in [2.24, 2.45) is 0 Å². The Kier molecular flexibility index (Phi) is 4.01. The number of ether oxygens (including phenoxy) is 1. The summed E-state index contributed by atoms with van der Waals surface area (Å²) in [6, 6.07) is 14.2. The molecule has 0 amide bonds. The Morgan fingerprint density at radius 3 is 2.84 bits per heavy atom. The van der Waals surface area contributed by atoms with Crippen LogP contribution in [0.25, 0.3) is 6.08 Å². The van der Waals surface area contributed by atoms with Crippen LogP contribution in [0.1, 0.15) is 37.3 Å². The summed E-state index contributed by atoms with van der Waals surface area (Å²) in [5.74, 6) is 1.03. The maximum Gasteiger partial charge on any atom is 0.212 e. The van der Waals surface area contributed by atoms with Gasteiger partial charge in [-0.2, -0.15) is 0 Å². The number of hydrogen-bond donors (Lipinski definition) is 1. The monoisotopic (exact) mass is 355 g/mol. The van der Waals surface area contributed by atoms with Crippen LogP contribution in [0.4, 0.5) is 5.69 Å². The number of nitrogens with zero attached hydrogens (tertiary/aromatic N) is 1. The molecule has 2 aromatic rings. The van der Waals surface area contributed by atoms with E-state index in [2.05, 4.69) is 49.1 Å². The van der Waals surface area contributed by atoms with E-state index in [1.807, 2.05) is 18.2 Å². The molecule has 1 spiro atoms. The van der Waals surface area contributed by atoms with Crippen molar-refractivity contribution in [3.8, 4) is 5.75 Å². The normalized spacial score (nSPS) is 23.9. The molecule has 2 aromatic carbocycles. The predicted octanol–water partition coefficient (Wildman–Crippen LogP) is 4.84. The molecule has 0 fully saturated rings. The number of rotatable bonds is 3. The lowest BCUT2D eigenvalue weighted by Crippen LogP contribution is -2.55. The zero-order valence-corrected chi connectivity index (χ0v) is 15.3. The third kappa shape index (κ3) is 2.37. The van der Waals surface area contributed by atoms with Crippen LogP contribution in [0.3, 0.4) is 0 Å². The molecule has 2 unspecified atom stereocenters. The molecule has 2 aliphatic heterocycles. The van der Waals surface area contributed by atoms with E-state index in [1.165, 1.54) is 11.3 Å². The van der Waals surface area contributed by atoms with Gasteiger partial charge < -0.3 is 14.7 Å². The summed E-state index contributed by atoms with van der Waals surface area (Å²) in [7, 11) is 0. The SMILES string of the molecule is CC1=Cc2cc(Cl)ccc2OC12C(C)c1ccccc1N2CCCO. The van der Waals surface area contributed by atoms with E-state index in [9.17, 15) is 5.11 Å². The van der Waals surface area contributed by atoms with E-state index in [-0.39, 0.29) is 12.5 Å². The van der Waals surface area contributed by atoms with Gasteiger partial charge in [0, 0.05) is 35.3 Å². The number of fused-ring (bicyclic) bond motifs is 2. The molecular weight excluding hydrogens is 334 g/mol. The smallest absolute Gasteiger partial charge is 0.212 e. The number of aliphatic hydroxyl groups excluding tert-OH is 1. The molecule has 0 radical (unpaired) electrons. The van der Waals surface area contributed by atoms with Gasteiger partial charge >= 0.3 is 0 Å². The topological polar surface area (TPSA) is 32.7 Å². The van der Waals surface area contributed by atoms with Gasteiger partial charge in [-0.25, -0.2) is 0 Å². The quantitative estimate of drug-likeness (QED) is 0.855. The van der Waals surface area contributed by atoms with Crippen LogP contribution < -0.4 is 9.64 Å². The summed E-state index contributed by atoms with van der Waals surface area (Å²) in [5.41, 5.74) is 4.09. The fourth-order valence-electron chi connectivity index (χ4n) is 4.25. The highest BCUT2D eigenvalue weighted by atomic mass is 35.5. The zero-order chi connectivity index (χ0) is 17.6. The third-order valence-corrected chi connectivity index (χ3v) is 5.63. The number of aliphatic hydroxyl groups is 1. The first kappa shape index (κ1) is 16.5. The second-order valence-electron chi connectivity index (χ2n) is 6.82. The fraction of sp³-hybridized carbons (Fsp3) is 0.333. The lowest BCUT2D eigenvalue weighted by Gasteiger charge is -2.46. The van der Waals surface area contributed by atoms with Crippen LogP contribution in [-0.2, 0) is 0 Å². The van der Waals surface area contributed by atoms with E-state index in [0.29, 0.717) is 11.4 Å². The molecule has 0 bridgehead atoms. The second kappa shape index (κ2) is 6.08. The van der Waals surface area contributed by atoms with E-state index in [0.717, 1.165) is 23.4 Å². The van der Waals surface area contributed by atoms with Crippen molar-refractivity contribution >= 4 is 23.4 Å². The number of halogens is 1. The fourth-order valence-corrected chi connectivity index (χ4v) is 4.43. The van der Waals surface area contributed by atoms with E-state index in [4.69, 9.17) is 16.3 Å². The summed E-state index contributed by atoms with van der Waals surface area (Å²) in [6.07, 6.45) is 2.88. The van der Waals surface area contributed by atoms with Gasteiger partial charge in [-0.05, 0) is 54.8 Å². The lowest BCUT2D eigenvalue weighted by molar-refractivity contribution is 0.0842. The minimum Gasteiger partial charge on any atom is -0.463 e. The van der Waals surface area contributed by atoms with Crippen LogP contribution >= 0.6 is 11.6 Å². The van der Waals surface area contributed by atoms with Gasteiger partial charge in [0.05, 0.1) is 0 Å². The van der Waals surface area contributed by atoms with Gasteiger partial charge in [-0.15, -0.1) is 0 Å². The van der Waals surface area contributed by atoms with Gasteiger partial charge in [0.15, 0.2) is 0 Å². The molecule has 2 atom stereocenters. The minimum absolute atomic E-state index is 0.165. The van der Waals surface area contributed by atoms with Crippen molar-refractivity contribution in [2.45, 2.75) is 31.9 Å². The Bertz CT molecular complexity index is 848. The van der Waals surface area contributed by atoms with Gasteiger partial charge in [-0.3, -0.25) is 0 Å². The molecule has 0 saturated carbocycles. The van der Waals surface area contributed by atoms with Gasteiger partial charge in [-0.1, -0.05) is 36.7 Å². The van der Waals surface area contributed by atoms with E-state index < -0.39 is 5.72 Å². The number of para-hydroxylation sites is 1. The first-order chi connectivity index (χ1) is 12.1. The maximum atomic E-state index is 9.38. The minimum atomic E-state index is -0.556. The third-order valence-electron chi connectivity index (χ3n) is 5.40.